The summed E-state index contributed by atoms with van der Waals surface area (Å²) in [5, 5.41) is 3.23. The van der Waals surface area contributed by atoms with E-state index >= 15 is 0 Å². The van der Waals surface area contributed by atoms with Gasteiger partial charge in [0.2, 0.25) is 0 Å². The number of hydrogen-bond donors (Lipinski definition) is 3. The Kier molecular flexibility index (Phi) is 3.28. The summed E-state index contributed by atoms with van der Waals surface area (Å²) in [6, 6.07) is 6.82. The number of rotatable bonds is 4. The molecule has 18 heavy (non-hydrogen) atoms. The van der Waals surface area contributed by atoms with Crippen molar-refractivity contribution in [2.75, 3.05) is 17.6 Å². The molecule has 2 aromatic rings. The molecular formula is C14H18FN3. The third-order valence-corrected chi connectivity index (χ3v) is 3.11. The standard InChI is InChI=1S/C14H18FN3/c1-14(2,10-5-6-17-8-10)9-18-11-3-4-13(16)12(15)7-11/h3-8,17-18H,9,16H2,1-2H3. The fraction of sp³-hybridized carbons (Fsp3) is 0.286. The molecule has 1 aromatic carbocycles. The summed E-state index contributed by atoms with van der Waals surface area (Å²) in [6.07, 6.45) is 3.88. The number of hydrogen-bond acceptors (Lipinski definition) is 2. The number of H-pyrrole nitrogens is 1. The van der Waals surface area contributed by atoms with Gasteiger partial charge in [-0.1, -0.05) is 13.8 Å². The Bertz CT molecular complexity index is 518. The smallest absolute Gasteiger partial charge is 0.148 e. The van der Waals surface area contributed by atoms with E-state index in [-0.39, 0.29) is 16.9 Å². The molecule has 0 unspecified atom stereocenters. The Morgan fingerprint density at radius 3 is 2.72 bits per heavy atom. The summed E-state index contributed by atoms with van der Waals surface area (Å²) in [4.78, 5) is 3.05. The molecule has 0 aliphatic carbocycles. The lowest BCUT2D eigenvalue weighted by molar-refractivity contribution is 0.557. The average Bonchev–Trinajstić information content (AvgIpc) is 2.85. The van der Waals surface area contributed by atoms with E-state index in [0.717, 1.165) is 5.69 Å². The predicted molar refractivity (Wildman–Crippen MR) is 73.1 cm³/mol. The van der Waals surface area contributed by atoms with Crippen molar-refractivity contribution < 1.29 is 4.39 Å². The van der Waals surface area contributed by atoms with Gasteiger partial charge >= 0.3 is 0 Å². The lowest BCUT2D eigenvalue weighted by Crippen LogP contribution is -2.27. The van der Waals surface area contributed by atoms with Gasteiger partial charge in [0.05, 0.1) is 5.69 Å². The van der Waals surface area contributed by atoms with Crippen LogP contribution in [0.15, 0.2) is 36.7 Å². The normalized spacial score (nSPS) is 11.5. The molecule has 1 heterocycles. The Morgan fingerprint density at radius 1 is 1.33 bits per heavy atom. The van der Waals surface area contributed by atoms with E-state index < -0.39 is 0 Å². The van der Waals surface area contributed by atoms with Gasteiger partial charge in [0.15, 0.2) is 0 Å². The van der Waals surface area contributed by atoms with E-state index in [1.54, 1.807) is 12.1 Å². The number of halogens is 1. The number of aromatic amines is 1. The number of nitrogen functional groups attached to an aromatic ring is 1. The Morgan fingerprint density at radius 2 is 2.11 bits per heavy atom. The second-order valence-corrected chi connectivity index (χ2v) is 5.07. The first-order valence-electron chi connectivity index (χ1n) is 5.91. The second-order valence-electron chi connectivity index (χ2n) is 5.07. The molecule has 0 saturated carbocycles. The first kappa shape index (κ1) is 12.5. The third-order valence-electron chi connectivity index (χ3n) is 3.11. The van der Waals surface area contributed by atoms with Gasteiger partial charge < -0.3 is 16.0 Å². The third kappa shape index (κ3) is 2.64. The molecule has 4 N–H and O–H groups in total. The highest BCUT2D eigenvalue weighted by Gasteiger charge is 2.20. The number of nitrogens with two attached hydrogens (primary N) is 1. The highest BCUT2D eigenvalue weighted by atomic mass is 19.1. The molecule has 0 bridgehead atoms. The molecule has 96 valence electrons. The summed E-state index contributed by atoms with van der Waals surface area (Å²) in [6.45, 7) is 4.99. The van der Waals surface area contributed by atoms with Crippen molar-refractivity contribution in [3.8, 4) is 0 Å². The van der Waals surface area contributed by atoms with Crippen LogP contribution in [0.4, 0.5) is 15.8 Å². The van der Waals surface area contributed by atoms with Crippen LogP contribution < -0.4 is 11.1 Å². The minimum Gasteiger partial charge on any atom is -0.396 e. The molecule has 0 atom stereocenters. The van der Waals surface area contributed by atoms with Crippen LogP contribution in [0.3, 0.4) is 0 Å². The van der Waals surface area contributed by atoms with Crippen LogP contribution in [-0.2, 0) is 5.41 Å². The number of aromatic nitrogens is 1. The van der Waals surface area contributed by atoms with Gasteiger partial charge in [-0.05, 0) is 29.8 Å². The monoisotopic (exact) mass is 247 g/mol. The Balaban J connectivity index is 2.05. The van der Waals surface area contributed by atoms with Gasteiger partial charge in [-0.2, -0.15) is 0 Å². The maximum atomic E-state index is 13.3. The van der Waals surface area contributed by atoms with Gasteiger partial charge in [-0.15, -0.1) is 0 Å². The Labute approximate surface area is 106 Å². The average molecular weight is 247 g/mol. The topological polar surface area (TPSA) is 53.8 Å². The highest BCUT2D eigenvalue weighted by Crippen LogP contribution is 2.24. The molecule has 0 saturated heterocycles. The van der Waals surface area contributed by atoms with Crippen molar-refractivity contribution >= 4 is 11.4 Å². The zero-order valence-electron chi connectivity index (χ0n) is 10.6. The van der Waals surface area contributed by atoms with Crippen LogP contribution in [0.5, 0.6) is 0 Å². The van der Waals surface area contributed by atoms with E-state index in [0.29, 0.717) is 6.54 Å². The summed E-state index contributed by atoms with van der Waals surface area (Å²) >= 11 is 0. The van der Waals surface area contributed by atoms with Gasteiger partial charge in [0.25, 0.3) is 0 Å². The number of nitrogens with one attached hydrogen (secondary N) is 2. The summed E-state index contributed by atoms with van der Waals surface area (Å²) in [7, 11) is 0. The molecule has 0 radical (unpaired) electrons. The second kappa shape index (κ2) is 4.72. The van der Waals surface area contributed by atoms with Crippen LogP contribution in [-0.4, -0.2) is 11.5 Å². The fourth-order valence-electron chi connectivity index (χ4n) is 1.81. The van der Waals surface area contributed by atoms with E-state index in [9.17, 15) is 4.39 Å². The van der Waals surface area contributed by atoms with Crippen molar-refractivity contribution in [1.29, 1.82) is 0 Å². The zero-order valence-corrected chi connectivity index (χ0v) is 10.6. The lowest BCUT2D eigenvalue weighted by Gasteiger charge is -2.24. The molecular weight excluding hydrogens is 229 g/mol. The molecule has 3 nitrogen and oxygen atoms in total. The fourth-order valence-corrected chi connectivity index (χ4v) is 1.81. The maximum Gasteiger partial charge on any atom is 0.148 e. The largest absolute Gasteiger partial charge is 0.396 e. The molecule has 0 aliphatic rings. The van der Waals surface area contributed by atoms with Gasteiger partial charge in [0, 0.05) is 30.0 Å². The molecule has 2 rings (SSSR count). The van der Waals surface area contributed by atoms with Crippen LogP contribution in [0.1, 0.15) is 19.4 Å². The van der Waals surface area contributed by atoms with E-state index in [1.165, 1.54) is 11.6 Å². The number of benzene rings is 1. The van der Waals surface area contributed by atoms with Crippen LogP contribution >= 0.6 is 0 Å². The van der Waals surface area contributed by atoms with Crippen LogP contribution in [0.25, 0.3) is 0 Å². The van der Waals surface area contributed by atoms with Crippen LogP contribution in [0.2, 0.25) is 0 Å². The van der Waals surface area contributed by atoms with Gasteiger partial charge in [0.1, 0.15) is 5.82 Å². The molecule has 1 aromatic heterocycles. The summed E-state index contributed by atoms with van der Waals surface area (Å²) in [5.74, 6) is -0.389. The van der Waals surface area contributed by atoms with Crippen molar-refractivity contribution in [3.05, 3.63) is 48.0 Å². The van der Waals surface area contributed by atoms with Crippen molar-refractivity contribution in [3.63, 3.8) is 0 Å². The van der Waals surface area contributed by atoms with Gasteiger partial charge in [-0.3, -0.25) is 0 Å². The van der Waals surface area contributed by atoms with Crippen molar-refractivity contribution in [1.82, 2.24) is 4.98 Å². The predicted octanol–water partition coefficient (Wildman–Crippen LogP) is 3.13. The van der Waals surface area contributed by atoms with Crippen molar-refractivity contribution in [2.45, 2.75) is 19.3 Å². The quantitative estimate of drug-likeness (QED) is 0.727. The minimum atomic E-state index is -0.389. The minimum absolute atomic E-state index is 0.0299. The van der Waals surface area contributed by atoms with E-state index in [1.807, 2.05) is 18.5 Å². The molecule has 4 heteroatoms. The van der Waals surface area contributed by atoms with Crippen molar-refractivity contribution in [2.24, 2.45) is 0 Å². The first-order valence-corrected chi connectivity index (χ1v) is 5.91. The Hall–Kier alpha value is -1.97. The molecule has 0 spiro atoms. The lowest BCUT2D eigenvalue weighted by atomic mass is 9.86. The first-order chi connectivity index (χ1) is 8.49. The molecule has 0 amide bonds. The zero-order chi connectivity index (χ0) is 13.2. The SMILES string of the molecule is CC(C)(CNc1ccc(N)c(F)c1)c1cc[nH]c1. The van der Waals surface area contributed by atoms with Crippen LogP contribution in [0, 0.1) is 5.82 Å². The summed E-state index contributed by atoms with van der Waals surface area (Å²) in [5.41, 5.74) is 7.54. The van der Waals surface area contributed by atoms with E-state index in [2.05, 4.69) is 24.1 Å². The highest BCUT2D eigenvalue weighted by molar-refractivity contribution is 5.52. The molecule has 0 aliphatic heterocycles. The number of anilines is 2. The molecule has 0 fully saturated rings. The van der Waals surface area contributed by atoms with Gasteiger partial charge in [-0.25, -0.2) is 4.39 Å². The maximum absolute atomic E-state index is 13.3. The van der Waals surface area contributed by atoms with E-state index in [4.69, 9.17) is 5.73 Å². The summed E-state index contributed by atoms with van der Waals surface area (Å²) < 4.78 is 13.3.